The van der Waals surface area contributed by atoms with E-state index in [1.165, 1.54) is 31.4 Å². The molecule has 0 bridgehead atoms. The standard InChI is InChI=1S/C18H18ClFN2O3.ClH/c1-24-17-9-15(21)13(19)8-12(17)18(23)22-10-5-6-16(14(20)7-10)25-11-3-2-4-11;/h5-9,11H,2-4,21H2,1H3,(H,22,23);1H. The molecule has 1 aliphatic rings. The fourth-order valence-electron chi connectivity index (χ4n) is 2.46. The molecule has 0 aromatic heterocycles. The maximum absolute atomic E-state index is 14.1. The van der Waals surface area contributed by atoms with Gasteiger partial charge in [-0.2, -0.15) is 0 Å². The molecule has 1 fully saturated rings. The first kappa shape index (κ1) is 20.1. The number of hydrogen-bond acceptors (Lipinski definition) is 4. The quantitative estimate of drug-likeness (QED) is 0.714. The molecule has 1 aliphatic carbocycles. The predicted octanol–water partition coefficient (Wildman–Crippen LogP) is 4.68. The molecule has 3 N–H and O–H groups in total. The Balaban J connectivity index is 0.00000243. The van der Waals surface area contributed by atoms with Crippen LogP contribution in [0.5, 0.6) is 11.5 Å². The molecule has 26 heavy (non-hydrogen) atoms. The lowest BCUT2D eigenvalue weighted by atomic mass is 9.96. The number of anilines is 2. The van der Waals surface area contributed by atoms with Gasteiger partial charge in [0.25, 0.3) is 5.91 Å². The molecule has 0 aliphatic heterocycles. The third-order valence-corrected chi connectivity index (χ3v) is 4.43. The fraction of sp³-hybridized carbons (Fsp3) is 0.278. The van der Waals surface area contributed by atoms with Crippen molar-refractivity contribution in [2.45, 2.75) is 25.4 Å². The van der Waals surface area contributed by atoms with Gasteiger partial charge in [-0.3, -0.25) is 4.79 Å². The first-order valence-electron chi connectivity index (χ1n) is 7.88. The van der Waals surface area contributed by atoms with E-state index in [0.717, 1.165) is 19.3 Å². The van der Waals surface area contributed by atoms with E-state index in [2.05, 4.69) is 5.32 Å². The number of hydrogen-bond donors (Lipinski definition) is 2. The molecule has 0 spiro atoms. The first-order valence-corrected chi connectivity index (χ1v) is 8.26. The molecule has 0 atom stereocenters. The summed E-state index contributed by atoms with van der Waals surface area (Å²) in [4.78, 5) is 12.4. The highest BCUT2D eigenvalue weighted by atomic mass is 35.5. The average Bonchev–Trinajstić information content (AvgIpc) is 2.54. The minimum absolute atomic E-state index is 0. The molecular formula is C18H19Cl2FN2O3. The third-order valence-electron chi connectivity index (χ3n) is 4.10. The molecule has 0 radical (unpaired) electrons. The number of benzene rings is 2. The zero-order chi connectivity index (χ0) is 18.0. The van der Waals surface area contributed by atoms with Gasteiger partial charge in [-0.15, -0.1) is 12.4 Å². The van der Waals surface area contributed by atoms with Crippen LogP contribution in [0.3, 0.4) is 0 Å². The minimum Gasteiger partial charge on any atom is -0.496 e. The smallest absolute Gasteiger partial charge is 0.259 e. The summed E-state index contributed by atoms with van der Waals surface area (Å²) in [6.07, 6.45) is 3.06. The number of nitrogens with two attached hydrogens (primary N) is 1. The first-order chi connectivity index (χ1) is 12.0. The summed E-state index contributed by atoms with van der Waals surface area (Å²) in [5, 5.41) is 2.85. The van der Waals surface area contributed by atoms with Crippen LogP contribution in [0.25, 0.3) is 0 Å². The van der Waals surface area contributed by atoms with Gasteiger partial charge in [-0.25, -0.2) is 4.39 Å². The van der Waals surface area contributed by atoms with Gasteiger partial charge in [0.2, 0.25) is 0 Å². The molecule has 0 saturated heterocycles. The van der Waals surface area contributed by atoms with Crippen LogP contribution < -0.4 is 20.5 Å². The van der Waals surface area contributed by atoms with E-state index in [0.29, 0.717) is 11.4 Å². The van der Waals surface area contributed by atoms with E-state index in [1.807, 2.05) is 0 Å². The van der Waals surface area contributed by atoms with Crippen molar-refractivity contribution in [2.24, 2.45) is 0 Å². The largest absolute Gasteiger partial charge is 0.496 e. The van der Waals surface area contributed by atoms with Crippen molar-refractivity contribution in [3.05, 3.63) is 46.7 Å². The summed E-state index contributed by atoms with van der Waals surface area (Å²) < 4.78 is 24.9. The lowest BCUT2D eigenvalue weighted by molar-refractivity contribution is 0.102. The number of halogens is 3. The van der Waals surface area contributed by atoms with Crippen molar-refractivity contribution in [3.8, 4) is 11.5 Å². The van der Waals surface area contributed by atoms with Crippen LogP contribution in [0, 0.1) is 5.82 Å². The van der Waals surface area contributed by atoms with Crippen LogP contribution >= 0.6 is 24.0 Å². The number of methoxy groups -OCH3 is 1. The van der Waals surface area contributed by atoms with E-state index >= 15 is 0 Å². The number of carbonyl (C=O) groups excluding carboxylic acids is 1. The van der Waals surface area contributed by atoms with Gasteiger partial charge in [0.05, 0.1) is 29.5 Å². The van der Waals surface area contributed by atoms with Gasteiger partial charge < -0.3 is 20.5 Å². The van der Waals surface area contributed by atoms with Crippen molar-refractivity contribution in [3.63, 3.8) is 0 Å². The second-order valence-corrected chi connectivity index (χ2v) is 6.25. The number of rotatable bonds is 5. The van der Waals surface area contributed by atoms with Crippen molar-refractivity contribution in [2.75, 3.05) is 18.2 Å². The maximum atomic E-state index is 14.1. The topological polar surface area (TPSA) is 73.6 Å². The molecule has 140 valence electrons. The number of carbonyl (C=O) groups is 1. The lowest BCUT2D eigenvalue weighted by Gasteiger charge is -2.26. The summed E-state index contributed by atoms with van der Waals surface area (Å²) in [5.74, 6) is -0.529. The highest BCUT2D eigenvalue weighted by Crippen LogP contribution is 2.31. The van der Waals surface area contributed by atoms with E-state index in [4.69, 9.17) is 26.8 Å². The van der Waals surface area contributed by atoms with E-state index < -0.39 is 11.7 Å². The number of ether oxygens (including phenoxy) is 2. The van der Waals surface area contributed by atoms with Crippen LogP contribution in [0.4, 0.5) is 15.8 Å². The Labute approximate surface area is 162 Å². The summed E-state index contributed by atoms with van der Waals surface area (Å²) in [5.41, 5.74) is 6.52. The fourth-order valence-corrected chi connectivity index (χ4v) is 2.62. The summed E-state index contributed by atoms with van der Waals surface area (Å²) >= 11 is 5.97. The molecule has 2 aromatic rings. The molecule has 3 rings (SSSR count). The Bertz CT molecular complexity index is 813. The average molecular weight is 401 g/mol. The highest BCUT2D eigenvalue weighted by Gasteiger charge is 2.21. The van der Waals surface area contributed by atoms with Crippen LogP contribution in [0.1, 0.15) is 29.6 Å². The van der Waals surface area contributed by atoms with Gasteiger partial charge in [-0.1, -0.05) is 11.6 Å². The van der Waals surface area contributed by atoms with Gasteiger partial charge in [0.15, 0.2) is 11.6 Å². The summed E-state index contributed by atoms with van der Waals surface area (Å²) in [6, 6.07) is 7.19. The highest BCUT2D eigenvalue weighted by molar-refractivity contribution is 6.33. The Morgan fingerprint density at radius 1 is 1.27 bits per heavy atom. The second-order valence-electron chi connectivity index (χ2n) is 5.84. The molecule has 0 heterocycles. The molecule has 8 heteroatoms. The number of nitrogen functional groups attached to an aromatic ring is 1. The van der Waals surface area contributed by atoms with E-state index in [9.17, 15) is 9.18 Å². The summed E-state index contributed by atoms with van der Waals surface area (Å²) in [6.45, 7) is 0. The zero-order valence-corrected chi connectivity index (χ0v) is 15.6. The van der Waals surface area contributed by atoms with Crippen molar-refractivity contribution >= 4 is 41.3 Å². The third kappa shape index (κ3) is 4.31. The lowest BCUT2D eigenvalue weighted by Crippen LogP contribution is -2.25. The predicted molar refractivity (Wildman–Crippen MR) is 102 cm³/mol. The molecule has 5 nitrogen and oxygen atoms in total. The molecule has 0 unspecified atom stereocenters. The van der Waals surface area contributed by atoms with E-state index in [1.54, 1.807) is 6.07 Å². The zero-order valence-electron chi connectivity index (χ0n) is 14.1. The van der Waals surface area contributed by atoms with Gasteiger partial charge in [0, 0.05) is 17.8 Å². The molecule has 1 amide bonds. The maximum Gasteiger partial charge on any atom is 0.259 e. The van der Waals surface area contributed by atoms with Gasteiger partial charge >= 0.3 is 0 Å². The Hall–Kier alpha value is -2.18. The number of amides is 1. The monoisotopic (exact) mass is 400 g/mol. The Morgan fingerprint density at radius 2 is 2.00 bits per heavy atom. The molecule has 2 aromatic carbocycles. The minimum atomic E-state index is -0.521. The summed E-state index contributed by atoms with van der Waals surface area (Å²) in [7, 11) is 1.42. The number of nitrogens with one attached hydrogen (secondary N) is 1. The van der Waals surface area contributed by atoms with Gasteiger partial charge in [0.1, 0.15) is 5.75 Å². The molecular weight excluding hydrogens is 382 g/mol. The normalized spacial score (nSPS) is 13.3. The van der Waals surface area contributed by atoms with Crippen LogP contribution in [-0.4, -0.2) is 19.1 Å². The van der Waals surface area contributed by atoms with Crippen molar-refractivity contribution < 1.29 is 18.7 Å². The SMILES string of the molecule is COc1cc(N)c(Cl)cc1C(=O)Nc1ccc(OC2CCC2)c(F)c1.Cl. The van der Waals surface area contributed by atoms with Crippen molar-refractivity contribution in [1.82, 2.24) is 0 Å². The van der Waals surface area contributed by atoms with Crippen molar-refractivity contribution in [1.29, 1.82) is 0 Å². The van der Waals surface area contributed by atoms with Crippen LogP contribution in [0.2, 0.25) is 5.02 Å². The molecule has 1 saturated carbocycles. The van der Waals surface area contributed by atoms with E-state index in [-0.39, 0.29) is 40.6 Å². The second kappa shape index (κ2) is 8.47. The van der Waals surface area contributed by atoms with Gasteiger partial charge in [-0.05, 0) is 37.5 Å². The Kier molecular flexibility index (Phi) is 6.56. The Morgan fingerprint density at radius 3 is 2.58 bits per heavy atom. The van der Waals surface area contributed by atoms with Crippen LogP contribution in [0.15, 0.2) is 30.3 Å². The van der Waals surface area contributed by atoms with Crippen LogP contribution in [-0.2, 0) is 0 Å².